The third-order valence-electron chi connectivity index (χ3n) is 4.60. The number of rotatable bonds is 7. The highest BCUT2D eigenvalue weighted by Gasteiger charge is 2.27. The first-order valence-electron chi connectivity index (χ1n) is 10.1. The Labute approximate surface area is 181 Å². The summed E-state index contributed by atoms with van der Waals surface area (Å²) in [5.41, 5.74) is 2.84. The number of nitro benzene ring substituents is 1. The van der Waals surface area contributed by atoms with Gasteiger partial charge in [-0.1, -0.05) is 18.2 Å². The third-order valence-corrected chi connectivity index (χ3v) is 4.60. The standard InChI is InChI=1S/C23H26N4O4/c1-5-31-22(28)20-19(15-24-23(2,3)4)21(16-11-13-18(14-12-16)27(29)30)26(25-20)17-9-7-6-8-10-17/h6-14,24H,5,15H2,1-4H3. The molecule has 0 unspecified atom stereocenters. The van der Waals surface area contributed by atoms with E-state index in [0.717, 1.165) is 5.69 Å². The minimum atomic E-state index is -0.508. The monoisotopic (exact) mass is 422 g/mol. The first-order chi connectivity index (χ1) is 14.7. The Morgan fingerprint density at radius 2 is 1.77 bits per heavy atom. The minimum Gasteiger partial charge on any atom is -0.461 e. The Morgan fingerprint density at radius 3 is 2.32 bits per heavy atom. The quantitative estimate of drug-likeness (QED) is 0.342. The number of hydrogen-bond donors (Lipinski definition) is 1. The minimum absolute atomic E-state index is 0.00508. The van der Waals surface area contributed by atoms with Gasteiger partial charge in [-0.2, -0.15) is 5.10 Å². The van der Waals surface area contributed by atoms with E-state index >= 15 is 0 Å². The average molecular weight is 422 g/mol. The largest absolute Gasteiger partial charge is 0.461 e. The molecule has 1 aromatic heterocycles. The van der Waals surface area contributed by atoms with Gasteiger partial charge in [0.15, 0.2) is 5.69 Å². The van der Waals surface area contributed by atoms with E-state index in [1.807, 2.05) is 51.1 Å². The van der Waals surface area contributed by atoms with E-state index < -0.39 is 10.9 Å². The van der Waals surface area contributed by atoms with Crippen LogP contribution in [0.5, 0.6) is 0 Å². The summed E-state index contributed by atoms with van der Waals surface area (Å²) in [6.45, 7) is 8.45. The van der Waals surface area contributed by atoms with Crippen molar-refractivity contribution in [1.29, 1.82) is 0 Å². The van der Waals surface area contributed by atoms with E-state index in [-0.39, 0.29) is 23.5 Å². The second-order valence-corrected chi connectivity index (χ2v) is 8.05. The molecule has 1 N–H and O–H groups in total. The normalized spacial score (nSPS) is 11.4. The molecule has 0 aliphatic rings. The van der Waals surface area contributed by atoms with E-state index in [2.05, 4.69) is 10.4 Å². The number of aromatic nitrogens is 2. The summed E-state index contributed by atoms with van der Waals surface area (Å²) < 4.78 is 6.95. The van der Waals surface area contributed by atoms with E-state index in [0.29, 0.717) is 23.4 Å². The Kier molecular flexibility index (Phi) is 6.50. The number of nitrogens with zero attached hydrogens (tertiary/aromatic N) is 3. The fraction of sp³-hybridized carbons (Fsp3) is 0.304. The summed E-state index contributed by atoms with van der Waals surface area (Å²) in [6.07, 6.45) is 0. The molecule has 0 aliphatic carbocycles. The summed E-state index contributed by atoms with van der Waals surface area (Å²) >= 11 is 0. The van der Waals surface area contributed by atoms with Gasteiger partial charge in [0.2, 0.25) is 0 Å². The van der Waals surface area contributed by atoms with Crippen molar-refractivity contribution in [2.75, 3.05) is 6.61 Å². The lowest BCUT2D eigenvalue weighted by Gasteiger charge is -2.21. The number of benzene rings is 2. The lowest BCUT2D eigenvalue weighted by atomic mass is 10.0. The zero-order valence-corrected chi connectivity index (χ0v) is 18.1. The Hall–Kier alpha value is -3.52. The van der Waals surface area contributed by atoms with Gasteiger partial charge >= 0.3 is 5.97 Å². The highest BCUT2D eigenvalue weighted by Crippen LogP contribution is 2.31. The van der Waals surface area contributed by atoms with Crippen LogP contribution in [0.1, 0.15) is 43.7 Å². The van der Waals surface area contributed by atoms with Gasteiger partial charge in [0.1, 0.15) is 0 Å². The molecule has 0 bridgehead atoms. The molecule has 31 heavy (non-hydrogen) atoms. The molecule has 8 nitrogen and oxygen atoms in total. The fourth-order valence-electron chi connectivity index (χ4n) is 3.13. The van der Waals surface area contributed by atoms with Crippen molar-refractivity contribution in [2.24, 2.45) is 0 Å². The van der Waals surface area contributed by atoms with Crippen LogP contribution in [0.4, 0.5) is 5.69 Å². The van der Waals surface area contributed by atoms with Crippen molar-refractivity contribution in [3.63, 3.8) is 0 Å². The molecule has 3 aromatic rings. The molecule has 0 fully saturated rings. The van der Waals surface area contributed by atoms with E-state index in [1.165, 1.54) is 12.1 Å². The number of carbonyl (C=O) groups is 1. The van der Waals surface area contributed by atoms with Gasteiger partial charge in [-0.05, 0) is 52.0 Å². The number of carbonyl (C=O) groups excluding carboxylic acids is 1. The molecule has 0 radical (unpaired) electrons. The smallest absolute Gasteiger partial charge is 0.359 e. The van der Waals surface area contributed by atoms with Crippen LogP contribution in [0, 0.1) is 10.1 Å². The zero-order chi connectivity index (χ0) is 22.6. The van der Waals surface area contributed by atoms with E-state index in [1.54, 1.807) is 23.7 Å². The summed E-state index contributed by atoms with van der Waals surface area (Å²) in [6, 6.07) is 15.7. The number of nitro groups is 1. The molecule has 0 amide bonds. The molecule has 162 valence electrons. The van der Waals surface area contributed by atoms with Crippen molar-refractivity contribution in [3.05, 3.63) is 76.0 Å². The molecule has 2 aromatic carbocycles. The van der Waals surface area contributed by atoms with Crippen molar-refractivity contribution < 1.29 is 14.5 Å². The van der Waals surface area contributed by atoms with Crippen molar-refractivity contribution >= 4 is 11.7 Å². The van der Waals surface area contributed by atoms with Gasteiger partial charge in [0.25, 0.3) is 5.69 Å². The maximum Gasteiger partial charge on any atom is 0.359 e. The van der Waals surface area contributed by atoms with Gasteiger partial charge in [-0.25, -0.2) is 9.48 Å². The lowest BCUT2D eigenvalue weighted by molar-refractivity contribution is -0.384. The second-order valence-electron chi connectivity index (χ2n) is 8.05. The molecule has 0 saturated heterocycles. The number of para-hydroxylation sites is 1. The van der Waals surface area contributed by atoms with Crippen LogP contribution >= 0.6 is 0 Å². The molecule has 0 atom stereocenters. The average Bonchev–Trinajstić information content (AvgIpc) is 3.12. The second kappa shape index (κ2) is 9.09. The molecular weight excluding hydrogens is 396 g/mol. The van der Waals surface area contributed by atoms with Gasteiger partial charge in [-0.15, -0.1) is 0 Å². The number of hydrogen-bond acceptors (Lipinski definition) is 6. The first kappa shape index (κ1) is 22.2. The van der Waals surface area contributed by atoms with Crippen LogP contribution in [0.15, 0.2) is 54.6 Å². The van der Waals surface area contributed by atoms with Crippen LogP contribution in [0.3, 0.4) is 0 Å². The summed E-state index contributed by atoms with van der Waals surface area (Å²) in [7, 11) is 0. The third kappa shape index (κ3) is 5.16. The number of ether oxygens (including phenoxy) is 1. The molecule has 0 spiro atoms. The summed E-state index contributed by atoms with van der Waals surface area (Å²) in [4.78, 5) is 23.4. The molecule has 3 rings (SSSR count). The molecule has 0 saturated carbocycles. The van der Waals surface area contributed by atoms with Gasteiger partial charge in [0.05, 0.1) is 22.9 Å². The van der Waals surface area contributed by atoms with Crippen LogP contribution in [0.25, 0.3) is 16.9 Å². The zero-order valence-electron chi connectivity index (χ0n) is 18.1. The van der Waals surface area contributed by atoms with Crippen LogP contribution in [0.2, 0.25) is 0 Å². The highest BCUT2D eigenvalue weighted by atomic mass is 16.6. The predicted octanol–water partition coefficient (Wildman–Crippen LogP) is 4.51. The maximum atomic E-state index is 12.7. The van der Waals surface area contributed by atoms with E-state index in [4.69, 9.17) is 4.74 Å². The highest BCUT2D eigenvalue weighted by molar-refractivity contribution is 5.91. The number of non-ortho nitro benzene ring substituents is 1. The lowest BCUT2D eigenvalue weighted by Crippen LogP contribution is -2.35. The topological polar surface area (TPSA) is 99.3 Å². The number of nitrogens with one attached hydrogen (secondary N) is 1. The van der Waals surface area contributed by atoms with Crippen LogP contribution in [-0.4, -0.2) is 32.8 Å². The van der Waals surface area contributed by atoms with Crippen molar-refractivity contribution in [1.82, 2.24) is 15.1 Å². The van der Waals surface area contributed by atoms with Crippen molar-refractivity contribution in [3.8, 4) is 16.9 Å². The maximum absolute atomic E-state index is 12.7. The molecule has 0 aliphatic heterocycles. The summed E-state index contributed by atoms with van der Waals surface area (Å²) in [5.74, 6) is -0.508. The van der Waals surface area contributed by atoms with Crippen LogP contribution < -0.4 is 5.32 Å². The van der Waals surface area contributed by atoms with Gasteiger partial charge in [0, 0.05) is 35.3 Å². The van der Waals surface area contributed by atoms with Gasteiger partial charge < -0.3 is 10.1 Å². The Morgan fingerprint density at radius 1 is 1.13 bits per heavy atom. The SMILES string of the molecule is CCOC(=O)c1nn(-c2ccccc2)c(-c2ccc([N+](=O)[O-])cc2)c1CNC(C)(C)C. The summed E-state index contributed by atoms with van der Waals surface area (Å²) in [5, 5.41) is 19.1. The first-order valence-corrected chi connectivity index (χ1v) is 10.1. The van der Waals surface area contributed by atoms with Gasteiger partial charge in [-0.3, -0.25) is 10.1 Å². The molecule has 8 heteroatoms. The van der Waals surface area contributed by atoms with E-state index in [9.17, 15) is 14.9 Å². The fourth-order valence-corrected chi connectivity index (χ4v) is 3.13. The molecule has 1 heterocycles. The van der Waals surface area contributed by atoms with Crippen molar-refractivity contribution in [2.45, 2.75) is 39.8 Å². The molecular formula is C23H26N4O4. The number of esters is 1. The predicted molar refractivity (Wildman–Crippen MR) is 118 cm³/mol. The Bertz CT molecular complexity index is 1070. The Balaban J connectivity index is 2.24. The van der Waals surface area contributed by atoms with Crippen LogP contribution in [-0.2, 0) is 11.3 Å².